The maximum Gasteiger partial charge on any atom is 0.502 e. The van der Waals surface area contributed by atoms with E-state index in [9.17, 15) is 0 Å². The first-order valence-electron chi connectivity index (χ1n) is 17.1. The zero-order valence-corrected chi connectivity index (χ0v) is 33.5. The molecular formula is C33H70O10Si2. The monoisotopic (exact) mass is 682 g/mol. The molecule has 10 nitrogen and oxygen atoms in total. The molecule has 0 N–H and O–H groups in total. The van der Waals surface area contributed by atoms with E-state index < -0.39 is 17.6 Å². The number of hydrogen-bond acceptors (Lipinski definition) is 10. The van der Waals surface area contributed by atoms with Gasteiger partial charge in [0.25, 0.3) is 0 Å². The first kappa shape index (κ1) is 43.1. The molecule has 0 aromatic rings. The van der Waals surface area contributed by atoms with Crippen LogP contribution in [-0.4, -0.2) is 105 Å². The molecule has 270 valence electrons. The van der Waals surface area contributed by atoms with Gasteiger partial charge in [0.2, 0.25) is 0 Å². The Hall–Kier alpha value is 0.0338. The number of epoxide rings is 2. The summed E-state index contributed by atoms with van der Waals surface area (Å²) < 4.78 is 59.2. The first-order chi connectivity index (χ1) is 20.5. The van der Waals surface area contributed by atoms with Gasteiger partial charge in [-0.05, 0) is 117 Å². The molecule has 2 heterocycles. The summed E-state index contributed by atoms with van der Waals surface area (Å²) in [5.41, 5.74) is -0.984. The zero-order valence-electron chi connectivity index (χ0n) is 31.5. The third kappa shape index (κ3) is 23.9. The number of rotatable bonds is 21. The van der Waals surface area contributed by atoms with Crippen LogP contribution in [0.3, 0.4) is 0 Å². The van der Waals surface area contributed by atoms with E-state index in [-0.39, 0.29) is 35.1 Å². The van der Waals surface area contributed by atoms with Crippen LogP contribution in [0.2, 0.25) is 12.1 Å². The minimum absolute atomic E-state index is 0.0925. The Morgan fingerprint density at radius 1 is 0.533 bits per heavy atom. The van der Waals surface area contributed by atoms with Gasteiger partial charge in [-0.1, -0.05) is 0 Å². The van der Waals surface area contributed by atoms with Crippen LogP contribution in [-0.2, 0) is 45.5 Å². The van der Waals surface area contributed by atoms with Crippen LogP contribution in [0, 0.1) is 0 Å². The van der Waals surface area contributed by atoms with E-state index in [4.69, 9.17) is 45.5 Å². The van der Waals surface area contributed by atoms with Gasteiger partial charge in [-0.25, -0.2) is 0 Å². The minimum atomic E-state index is -2.87. The number of ether oxygens (including phenoxy) is 4. The van der Waals surface area contributed by atoms with E-state index in [1.807, 2.05) is 104 Å². The zero-order chi connectivity index (χ0) is 34.5. The Labute approximate surface area is 278 Å². The van der Waals surface area contributed by atoms with Gasteiger partial charge in [0.1, 0.15) is 12.2 Å². The lowest BCUT2D eigenvalue weighted by Gasteiger charge is -2.43. The van der Waals surface area contributed by atoms with Crippen molar-refractivity contribution in [3.63, 3.8) is 0 Å². The first-order valence-corrected chi connectivity index (χ1v) is 20.9. The standard InChI is InChI=1S/C18H38O5Si.C15H32O5Si/c1-16(2,3)21-24(22-17(4,5)6,23-18(7,8)9)12-10-11-19-13-15-14-20-15;1-12(2)18-21(19-13(3)4,20-14(5)6)9-7-8-16-10-15-11-17-15/h15H,10-14H2,1-9H3;12-15H,7-11H2,1-6H3. The van der Waals surface area contributed by atoms with Gasteiger partial charge < -0.3 is 45.5 Å². The molecule has 2 aliphatic heterocycles. The van der Waals surface area contributed by atoms with E-state index in [2.05, 4.69) is 0 Å². The quantitative estimate of drug-likeness (QED) is 0.0703. The Bertz CT molecular complexity index is 715. The van der Waals surface area contributed by atoms with Crippen molar-refractivity contribution < 1.29 is 45.5 Å². The topological polar surface area (TPSA) is 98.9 Å². The Kier molecular flexibility index (Phi) is 18.4. The molecule has 2 rings (SSSR count). The van der Waals surface area contributed by atoms with Crippen LogP contribution < -0.4 is 0 Å². The SMILES string of the molecule is CC(C)(C)O[Si](CCCOCC1CO1)(OC(C)(C)C)OC(C)(C)C.CC(C)O[Si](CCCOCC1CO1)(OC(C)C)OC(C)C. The lowest BCUT2D eigenvalue weighted by atomic mass is 10.2. The lowest BCUT2D eigenvalue weighted by molar-refractivity contribution is -0.0762. The Morgan fingerprint density at radius 2 is 0.822 bits per heavy atom. The summed E-state index contributed by atoms with van der Waals surface area (Å²) in [5.74, 6) is 0. The smallest absolute Gasteiger partial charge is 0.379 e. The van der Waals surface area contributed by atoms with Crippen molar-refractivity contribution in [3.8, 4) is 0 Å². The second-order valence-corrected chi connectivity index (χ2v) is 20.8. The van der Waals surface area contributed by atoms with E-state index in [1.165, 1.54) is 0 Å². The van der Waals surface area contributed by atoms with Crippen molar-refractivity contribution in [2.75, 3.05) is 39.6 Å². The summed E-state index contributed by atoms with van der Waals surface area (Å²) >= 11 is 0. The molecule has 0 aliphatic carbocycles. The molecule has 0 aromatic heterocycles. The van der Waals surface area contributed by atoms with Gasteiger partial charge in [-0.2, -0.15) is 0 Å². The average Bonchev–Trinajstić information content (AvgIpc) is 3.70. The summed E-state index contributed by atoms with van der Waals surface area (Å²) in [6, 6.07) is 1.53. The van der Waals surface area contributed by atoms with Crippen molar-refractivity contribution in [1.29, 1.82) is 0 Å². The highest BCUT2D eigenvalue weighted by atomic mass is 28.4. The highest BCUT2D eigenvalue weighted by Crippen LogP contribution is 2.32. The van der Waals surface area contributed by atoms with Crippen molar-refractivity contribution >= 4 is 17.6 Å². The largest absolute Gasteiger partial charge is 0.502 e. The minimum Gasteiger partial charge on any atom is -0.379 e. The molecule has 2 unspecified atom stereocenters. The van der Waals surface area contributed by atoms with Crippen LogP contribution in [0.1, 0.15) is 117 Å². The maximum atomic E-state index is 6.43. The molecule has 2 fully saturated rings. The highest BCUT2D eigenvalue weighted by molar-refractivity contribution is 6.61. The summed E-state index contributed by atoms with van der Waals surface area (Å²) in [4.78, 5) is 0. The van der Waals surface area contributed by atoms with Crippen LogP contribution in [0.25, 0.3) is 0 Å². The molecule has 0 radical (unpaired) electrons. The van der Waals surface area contributed by atoms with Crippen molar-refractivity contribution in [2.45, 2.75) is 176 Å². The summed E-state index contributed by atoms with van der Waals surface area (Å²) in [6.45, 7) is 35.0. The third-order valence-electron chi connectivity index (χ3n) is 5.59. The normalized spacial score (nSPS) is 19.3. The predicted molar refractivity (Wildman–Crippen MR) is 183 cm³/mol. The van der Waals surface area contributed by atoms with E-state index >= 15 is 0 Å². The fraction of sp³-hybridized carbons (Fsp3) is 1.00. The van der Waals surface area contributed by atoms with Crippen LogP contribution in [0.5, 0.6) is 0 Å². The maximum absolute atomic E-state index is 6.43. The molecule has 2 atom stereocenters. The van der Waals surface area contributed by atoms with Crippen molar-refractivity contribution in [3.05, 3.63) is 0 Å². The fourth-order valence-electron chi connectivity index (χ4n) is 4.49. The fourth-order valence-corrected chi connectivity index (χ4v) is 11.6. The average molecular weight is 683 g/mol. The summed E-state index contributed by atoms with van der Waals surface area (Å²) in [6.07, 6.45) is 2.62. The molecule has 0 aromatic carbocycles. The summed E-state index contributed by atoms with van der Waals surface area (Å²) in [5, 5.41) is 0. The van der Waals surface area contributed by atoms with Gasteiger partial charge in [-0.15, -0.1) is 0 Å². The molecule has 0 bridgehead atoms. The Balaban J connectivity index is 0.000000454. The molecular weight excluding hydrogens is 613 g/mol. The predicted octanol–water partition coefficient (Wildman–Crippen LogP) is 7.18. The van der Waals surface area contributed by atoms with E-state index in [0.29, 0.717) is 38.6 Å². The molecule has 2 aliphatic rings. The summed E-state index contributed by atoms with van der Waals surface area (Å²) in [7, 11) is -5.53. The van der Waals surface area contributed by atoms with Crippen LogP contribution in [0.4, 0.5) is 0 Å². The molecule has 2 saturated heterocycles. The van der Waals surface area contributed by atoms with Crippen LogP contribution in [0.15, 0.2) is 0 Å². The van der Waals surface area contributed by atoms with Gasteiger partial charge in [0.15, 0.2) is 0 Å². The van der Waals surface area contributed by atoms with E-state index in [0.717, 1.165) is 38.1 Å². The van der Waals surface area contributed by atoms with Crippen LogP contribution >= 0.6 is 0 Å². The molecule has 12 heteroatoms. The highest BCUT2D eigenvalue weighted by Gasteiger charge is 2.49. The Morgan fingerprint density at radius 3 is 1.07 bits per heavy atom. The molecule has 0 spiro atoms. The van der Waals surface area contributed by atoms with Gasteiger partial charge >= 0.3 is 17.6 Å². The second-order valence-electron chi connectivity index (χ2n) is 15.8. The van der Waals surface area contributed by atoms with Gasteiger partial charge in [0.05, 0.1) is 43.2 Å². The van der Waals surface area contributed by atoms with Gasteiger partial charge in [-0.3, -0.25) is 0 Å². The molecule has 0 amide bonds. The number of hydrogen-bond donors (Lipinski definition) is 0. The second kappa shape index (κ2) is 19.3. The van der Waals surface area contributed by atoms with Crippen molar-refractivity contribution in [1.82, 2.24) is 0 Å². The van der Waals surface area contributed by atoms with Crippen molar-refractivity contribution in [2.24, 2.45) is 0 Å². The third-order valence-corrected chi connectivity index (χ3v) is 12.8. The van der Waals surface area contributed by atoms with E-state index in [1.54, 1.807) is 0 Å². The lowest BCUT2D eigenvalue weighted by Crippen LogP contribution is -2.57. The van der Waals surface area contributed by atoms with Gasteiger partial charge in [0, 0.05) is 43.6 Å². The molecule has 0 saturated carbocycles. The molecule has 45 heavy (non-hydrogen) atoms.